The lowest BCUT2D eigenvalue weighted by molar-refractivity contribution is 0.122. The highest BCUT2D eigenvalue weighted by Gasteiger charge is 2.10. The Kier molecular flexibility index (Phi) is 7.00. The standard InChI is InChI=1S/C24H24Cl2N2O2/c25-23-10-3-19(15-24(23)26)17-30-22-8-1-18(2-9-22)16-27-20-4-6-21(7-5-20)28-11-13-29-14-12-28/h1-10,15,27H,11-14,16-17H2. The van der Waals surface area contributed by atoms with Crippen LogP contribution in [0.25, 0.3) is 0 Å². The number of nitrogens with zero attached hydrogens (tertiary/aromatic N) is 1. The molecule has 0 saturated carbocycles. The van der Waals surface area contributed by atoms with Crippen molar-refractivity contribution in [1.82, 2.24) is 0 Å². The van der Waals surface area contributed by atoms with Gasteiger partial charge in [0, 0.05) is 31.0 Å². The molecule has 0 amide bonds. The van der Waals surface area contributed by atoms with Crippen molar-refractivity contribution in [3.05, 3.63) is 87.9 Å². The van der Waals surface area contributed by atoms with E-state index in [4.69, 9.17) is 32.7 Å². The van der Waals surface area contributed by atoms with Crippen molar-refractivity contribution in [2.45, 2.75) is 13.2 Å². The van der Waals surface area contributed by atoms with Crippen LogP contribution < -0.4 is 15.0 Å². The Morgan fingerprint density at radius 3 is 2.23 bits per heavy atom. The first kappa shape index (κ1) is 20.9. The van der Waals surface area contributed by atoms with Gasteiger partial charge in [0.15, 0.2) is 0 Å². The molecule has 0 radical (unpaired) electrons. The van der Waals surface area contributed by atoms with E-state index in [0.717, 1.165) is 49.8 Å². The smallest absolute Gasteiger partial charge is 0.119 e. The Hall–Kier alpha value is -2.40. The highest BCUT2D eigenvalue weighted by Crippen LogP contribution is 2.24. The predicted molar refractivity (Wildman–Crippen MR) is 124 cm³/mol. The second-order valence-electron chi connectivity index (χ2n) is 7.18. The van der Waals surface area contributed by atoms with E-state index in [2.05, 4.69) is 46.6 Å². The first-order valence-electron chi connectivity index (χ1n) is 10.00. The van der Waals surface area contributed by atoms with E-state index >= 15 is 0 Å². The average molecular weight is 443 g/mol. The molecule has 4 nitrogen and oxygen atoms in total. The predicted octanol–water partition coefficient (Wildman–Crippen LogP) is 6.02. The van der Waals surface area contributed by atoms with Crippen molar-refractivity contribution >= 4 is 34.6 Å². The van der Waals surface area contributed by atoms with Crippen LogP contribution in [-0.4, -0.2) is 26.3 Å². The van der Waals surface area contributed by atoms with Gasteiger partial charge in [-0.3, -0.25) is 0 Å². The van der Waals surface area contributed by atoms with Crippen LogP contribution in [-0.2, 0) is 17.9 Å². The minimum absolute atomic E-state index is 0.448. The van der Waals surface area contributed by atoms with Crippen LogP contribution in [0.5, 0.6) is 5.75 Å². The van der Waals surface area contributed by atoms with Gasteiger partial charge in [-0.25, -0.2) is 0 Å². The fourth-order valence-electron chi connectivity index (χ4n) is 3.32. The van der Waals surface area contributed by atoms with Crippen molar-refractivity contribution in [3.63, 3.8) is 0 Å². The summed E-state index contributed by atoms with van der Waals surface area (Å²) in [6, 6.07) is 22.2. The minimum Gasteiger partial charge on any atom is -0.489 e. The van der Waals surface area contributed by atoms with Gasteiger partial charge in [-0.15, -0.1) is 0 Å². The normalized spacial score (nSPS) is 13.9. The molecule has 0 bridgehead atoms. The molecule has 1 saturated heterocycles. The van der Waals surface area contributed by atoms with Gasteiger partial charge in [0.1, 0.15) is 12.4 Å². The molecule has 1 heterocycles. The summed E-state index contributed by atoms with van der Waals surface area (Å²) in [6.45, 7) is 4.70. The first-order chi connectivity index (χ1) is 14.7. The third kappa shape index (κ3) is 5.60. The molecule has 0 aromatic heterocycles. The van der Waals surface area contributed by atoms with Crippen molar-refractivity contribution in [2.24, 2.45) is 0 Å². The third-order valence-corrected chi connectivity index (χ3v) is 5.79. The van der Waals surface area contributed by atoms with Crippen LogP contribution in [0.4, 0.5) is 11.4 Å². The quantitative estimate of drug-likeness (QED) is 0.484. The third-order valence-electron chi connectivity index (χ3n) is 5.05. The SMILES string of the molecule is Clc1ccc(COc2ccc(CNc3ccc(N4CCOCC4)cc3)cc2)cc1Cl. The van der Waals surface area contributed by atoms with Crippen LogP contribution in [0.3, 0.4) is 0 Å². The Labute approximate surface area is 187 Å². The minimum atomic E-state index is 0.448. The highest BCUT2D eigenvalue weighted by atomic mass is 35.5. The summed E-state index contributed by atoms with van der Waals surface area (Å²) in [7, 11) is 0. The van der Waals surface area contributed by atoms with Gasteiger partial charge in [-0.1, -0.05) is 41.4 Å². The largest absolute Gasteiger partial charge is 0.489 e. The van der Waals surface area contributed by atoms with Crippen LogP contribution in [0, 0.1) is 0 Å². The van der Waals surface area contributed by atoms with E-state index in [-0.39, 0.29) is 0 Å². The van der Waals surface area contributed by atoms with Crippen molar-refractivity contribution in [3.8, 4) is 5.75 Å². The molecule has 0 unspecified atom stereocenters. The van der Waals surface area contributed by atoms with Gasteiger partial charge in [-0.2, -0.15) is 0 Å². The molecule has 0 aliphatic carbocycles. The molecule has 0 atom stereocenters. The molecule has 3 aromatic rings. The summed E-state index contributed by atoms with van der Waals surface area (Å²) in [6.07, 6.45) is 0. The van der Waals surface area contributed by atoms with Crippen LogP contribution in [0.15, 0.2) is 66.7 Å². The van der Waals surface area contributed by atoms with E-state index < -0.39 is 0 Å². The van der Waals surface area contributed by atoms with Gasteiger partial charge in [-0.05, 0) is 59.7 Å². The Balaban J connectivity index is 1.26. The molecular weight excluding hydrogens is 419 g/mol. The summed E-state index contributed by atoms with van der Waals surface area (Å²) in [4.78, 5) is 2.35. The van der Waals surface area contributed by atoms with Gasteiger partial charge >= 0.3 is 0 Å². The molecule has 156 valence electrons. The molecule has 1 fully saturated rings. The molecule has 4 rings (SSSR count). The lowest BCUT2D eigenvalue weighted by Crippen LogP contribution is -2.36. The van der Waals surface area contributed by atoms with Crippen molar-refractivity contribution < 1.29 is 9.47 Å². The number of ether oxygens (including phenoxy) is 2. The Morgan fingerprint density at radius 2 is 1.53 bits per heavy atom. The van der Waals surface area contributed by atoms with E-state index in [9.17, 15) is 0 Å². The first-order valence-corrected chi connectivity index (χ1v) is 10.8. The van der Waals surface area contributed by atoms with Gasteiger partial charge in [0.05, 0.1) is 23.3 Å². The number of anilines is 2. The molecule has 30 heavy (non-hydrogen) atoms. The topological polar surface area (TPSA) is 33.7 Å². The number of morpholine rings is 1. The number of halogens is 2. The second kappa shape index (κ2) is 10.1. The molecular formula is C24H24Cl2N2O2. The maximum Gasteiger partial charge on any atom is 0.119 e. The molecule has 1 N–H and O–H groups in total. The average Bonchev–Trinajstić information content (AvgIpc) is 2.80. The highest BCUT2D eigenvalue weighted by molar-refractivity contribution is 6.42. The number of hydrogen-bond donors (Lipinski definition) is 1. The zero-order chi connectivity index (χ0) is 20.8. The Morgan fingerprint density at radius 1 is 0.833 bits per heavy atom. The van der Waals surface area contributed by atoms with Crippen LogP contribution in [0.1, 0.15) is 11.1 Å². The van der Waals surface area contributed by atoms with E-state index in [1.54, 1.807) is 6.07 Å². The number of benzene rings is 3. The summed E-state index contributed by atoms with van der Waals surface area (Å²) in [5.74, 6) is 0.819. The van der Waals surface area contributed by atoms with E-state index in [1.165, 1.54) is 11.3 Å². The zero-order valence-corrected chi connectivity index (χ0v) is 18.1. The van der Waals surface area contributed by atoms with Gasteiger partial charge in [0.25, 0.3) is 0 Å². The van der Waals surface area contributed by atoms with E-state index in [1.807, 2.05) is 24.3 Å². The lowest BCUT2D eigenvalue weighted by atomic mass is 10.2. The van der Waals surface area contributed by atoms with Crippen molar-refractivity contribution in [2.75, 3.05) is 36.5 Å². The summed E-state index contributed by atoms with van der Waals surface area (Å²) in [5.41, 5.74) is 4.52. The maximum atomic E-state index is 6.05. The number of nitrogens with one attached hydrogen (secondary N) is 1. The monoisotopic (exact) mass is 442 g/mol. The van der Waals surface area contributed by atoms with E-state index in [0.29, 0.717) is 16.7 Å². The molecule has 1 aliphatic heterocycles. The molecule has 6 heteroatoms. The summed E-state index contributed by atoms with van der Waals surface area (Å²) < 4.78 is 11.3. The van der Waals surface area contributed by atoms with Crippen molar-refractivity contribution in [1.29, 1.82) is 0 Å². The molecule has 1 aliphatic rings. The zero-order valence-electron chi connectivity index (χ0n) is 16.6. The molecule has 3 aromatic carbocycles. The molecule has 0 spiro atoms. The lowest BCUT2D eigenvalue weighted by Gasteiger charge is -2.28. The number of hydrogen-bond acceptors (Lipinski definition) is 4. The van der Waals surface area contributed by atoms with Gasteiger partial charge in [0.2, 0.25) is 0 Å². The second-order valence-corrected chi connectivity index (χ2v) is 8.00. The summed E-state index contributed by atoms with van der Waals surface area (Å²) in [5, 5.41) is 4.56. The fourth-order valence-corrected chi connectivity index (χ4v) is 3.64. The number of rotatable bonds is 7. The van der Waals surface area contributed by atoms with Gasteiger partial charge < -0.3 is 19.7 Å². The Bertz CT molecular complexity index is 956. The maximum absolute atomic E-state index is 6.05. The van der Waals surface area contributed by atoms with Crippen LogP contribution in [0.2, 0.25) is 10.0 Å². The fraction of sp³-hybridized carbons (Fsp3) is 0.250. The summed E-state index contributed by atoms with van der Waals surface area (Å²) >= 11 is 12.0. The van der Waals surface area contributed by atoms with Crippen LogP contribution >= 0.6 is 23.2 Å².